The van der Waals surface area contributed by atoms with Gasteiger partial charge in [-0.3, -0.25) is 19.3 Å². The number of methoxy groups -OCH3 is 1. The van der Waals surface area contributed by atoms with E-state index in [-0.39, 0.29) is 24.8 Å². The zero-order chi connectivity index (χ0) is 27.9. The summed E-state index contributed by atoms with van der Waals surface area (Å²) in [4.78, 5) is 42.2. The topological polar surface area (TPSA) is 137 Å². The first-order valence-corrected chi connectivity index (χ1v) is 13.5. The standard InChI is InChI=1S/C28H38N4O7/c1-3-4-10-31(13-9-29)25(34)17-32-16-20(19-14-22(37-2)27-23(15-19)38-18-39-27)26(28(35)36)21(32)8-12-30-11-6-5-7-24(30)33/h5-7,11,14-15,20-21,26H,3-4,8-10,12-13,16-18,29H2,1-2H3,(H,35,36). The van der Waals surface area contributed by atoms with Gasteiger partial charge in [-0.05, 0) is 36.6 Å². The zero-order valence-electron chi connectivity index (χ0n) is 22.6. The van der Waals surface area contributed by atoms with E-state index in [0.29, 0.717) is 56.4 Å². The third kappa shape index (κ3) is 6.36. The third-order valence-corrected chi connectivity index (χ3v) is 7.58. The van der Waals surface area contributed by atoms with Gasteiger partial charge >= 0.3 is 5.97 Å². The normalized spacial score (nSPS) is 20.2. The number of carboxylic acid groups (broad SMARTS) is 1. The summed E-state index contributed by atoms with van der Waals surface area (Å²) in [7, 11) is 1.53. The number of carboxylic acids is 1. The number of pyridine rings is 1. The van der Waals surface area contributed by atoms with Gasteiger partial charge in [0, 0.05) is 56.9 Å². The second kappa shape index (κ2) is 13.0. The number of hydrogen-bond acceptors (Lipinski definition) is 8. The van der Waals surface area contributed by atoms with E-state index < -0.39 is 23.8 Å². The van der Waals surface area contributed by atoms with Crippen molar-refractivity contribution in [3.63, 3.8) is 0 Å². The minimum Gasteiger partial charge on any atom is -0.493 e. The molecule has 11 nitrogen and oxygen atoms in total. The summed E-state index contributed by atoms with van der Waals surface area (Å²) >= 11 is 0. The summed E-state index contributed by atoms with van der Waals surface area (Å²) in [5, 5.41) is 10.5. The predicted octanol–water partition coefficient (Wildman–Crippen LogP) is 1.73. The van der Waals surface area contributed by atoms with Gasteiger partial charge in [-0.2, -0.15) is 0 Å². The van der Waals surface area contributed by atoms with Crippen molar-refractivity contribution >= 4 is 11.9 Å². The summed E-state index contributed by atoms with van der Waals surface area (Å²) in [6.07, 6.45) is 3.89. The first-order chi connectivity index (χ1) is 18.9. The largest absolute Gasteiger partial charge is 0.493 e. The van der Waals surface area contributed by atoms with Crippen molar-refractivity contribution in [2.45, 2.75) is 44.7 Å². The quantitative estimate of drug-likeness (QED) is 0.388. The number of aryl methyl sites for hydroxylation is 1. The molecule has 3 N–H and O–H groups in total. The summed E-state index contributed by atoms with van der Waals surface area (Å²) in [6.45, 7) is 4.29. The SMILES string of the molecule is CCCCN(CCN)C(=O)CN1CC(c2cc(OC)c3c(c2)OCO3)C(C(=O)O)C1CCn1ccccc1=O. The number of hydrogen-bond donors (Lipinski definition) is 2. The maximum absolute atomic E-state index is 13.4. The van der Waals surface area contributed by atoms with Gasteiger partial charge in [0.25, 0.3) is 0 Å². The van der Waals surface area contributed by atoms with Crippen LogP contribution in [0.1, 0.15) is 37.7 Å². The summed E-state index contributed by atoms with van der Waals surface area (Å²) in [5.41, 5.74) is 6.37. The molecule has 3 unspecified atom stereocenters. The van der Waals surface area contributed by atoms with Crippen LogP contribution in [0.2, 0.25) is 0 Å². The lowest BCUT2D eigenvalue weighted by atomic mass is 9.84. The van der Waals surface area contributed by atoms with Crippen molar-refractivity contribution in [1.29, 1.82) is 0 Å². The van der Waals surface area contributed by atoms with Crippen molar-refractivity contribution in [3.05, 3.63) is 52.4 Å². The fourth-order valence-electron chi connectivity index (χ4n) is 5.61. The molecule has 0 spiro atoms. The Kier molecular flexibility index (Phi) is 9.47. The van der Waals surface area contributed by atoms with E-state index in [9.17, 15) is 19.5 Å². The van der Waals surface area contributed by atoms with E-state index in [1.807, 2.05) is 4.90 Å². The zero-order valence-corrected chi connectivity index (χ0v) is 22.6. The van der Waals surface area contributed by atoms with Crippen LogP contribution in [0.4, 0.5) is 0 Å². The molecule has 0 bridgehead atoms. The molecule has 1 fully saturated rings. The molecular weight excluding hydrogens is 504 g/mol. The second-order valence-corrected chi connectivity index (χ2v) is 9.97. The Labute approximate surface area is 228 Å². The molecule has 2 aromatic rings. The number of unbranched alkanes of at least 4 members (excludes halogenated alkanes) is 1. The van der Waals surface area contributed by atoms with Crippen LogP contribution >= 0.6 is 0 Å². The summed E-state index contributed by atoms with van der Waals surface area (Å²) < 4.78 is 18.2. The highest BCUT2D eigenvalue weighted by atomic mass is 16.7. The van der Waals surface area contributed by atoms with Crippen molar-refractivity contribution in [2.75, 3.05) is 46.6 Å². The first kappa shape index (κ1) is 28.4. The number of carbonyl (C=O) groups is 2. The minimum atomic E-state index is -0.957. The Balaban J connectivity index is 1.66. The summed E-state index contributed by atoms with van der Waals surface area (Å²) in [5.74, 6) is -0.823. The van der Waals surface area contributed by atoms with Crippen LogP contribution in [-0.4, -0.2) is 84.0 Å². The van der Waals surface area contributed by atoms with Gasteiger partial charge < -0.3 is 34.5 Å². The van der Waals surface area contributed by atoms with Crippen molar-refractivity contribution in [3.8, 4) is 17.2 Å². The number of nitrogens with two attached hydrogens (primary N) is 1. The van der Waals surface area contributed by atoms with E-state index in [4.69, 9.17) is 19.9 Å². The number of ether oxygens (including phenoxy) is 3. The Morgan fingerprint density at radius 3 is 2.74 bits per heavy atom. The van der Waals surface area contributed by atoms with Crippen molar-refractivity contribution < 1.29 is 28.9 Å². The van der Waals surface area contributed by atoms with Crippen LogP contribution in [0.5, 0.6) is 17.2 Å². The number of benzene rings is 1. The lowest BCUT2D eigenvalue weighted by Crippen LogP contribution is -2.46. The maximum Gasteiger partial charge on any atom is 0.308 e. The minimum absolute atomic E-state index is 0.0615. The van der Waals surface area contributed by atoms with Crippen LogP contribution in [0.15, 0.2) is 41.3 Å². The van der Waals surface area contributed by atoms with E-state index >= 15 is 0 Å². The molecule has 1 aromatic heterocycles. The number of rotatable bonds is 13. The van der Waals surface area contributed by atoms with Crippen LogP contribution < -0.4 is 25.5 Å². The molecule has 1 aromatic carbocycles. The molecule has 3 heterocycles. The molecule has 2 aliphatic rings. The van der Waals surface area contributed by atoms with Crippen LogP contribution in [0, 0.1) is 5.92 Å². The smallest absolute Gasteiger partial charge is 0.308 e. The molecule has 212 valence electrons. The molecule has 4 rings (SSSR count). The Morgan fingerprint density at radius 2 is 2.05 bits per heavy atom. The van der Waals surface area contributed by atoms with E-state index in [1.165, 1.54) is 13.2 Å². The molecule has 1 amide bonds. The van der Waals surface area contributed by atoms with E-state index in [1.54, 1.807) is 39.9 Å². The Morgan fingerprint density at radius 1 is 1.23 bits per heavy atom. The number of aromatic nitrogens is 1. The Hall–Kier alpha value is -3.57. The van der Waals surface area contributed by atoms with Gasteiger partial charge in [0.15, 0.2) is 11.5 Å². The van der Waals surface area contributed by atoms with Crippen LogP contribution in [-0.2, 0) is 16.1 Å². The maximum atomic E-state index is 13.4. The average molecular weight is 543 g/mol. The lowest BCUT2D eigenvalue weighted by molar-refractivity contribution is -0.144. The molecule has 2 aliphatic heterocycles. The number of nitrogens with zero attached hydrogens (tertiary/aromatic N) is 3. The number of amides is 1. The fourth-order valence-corrected chi connectivity index (χ4v) is 5.61. The van der Waals surface area contributed by atoms with Crippen LogP contribution in [0.3, 0.4) is 0 Å². The Bertz CT molecular complexity index is 1220. The highest BCUT2D eigenvalue weighted by Crippen LogP contribution is 2.47. The number of likely N-dealkylation sites (tertiary alicyclic amines) is 1. The fraction of sp³-hybridized carbons (Fsp3) is 0.536. The number of aliphatic carboxylic acids is 1. The predicted molar refractivity (Wildman–Crippen MR) is 144 cm³/mol. The van der Waals surface area contributed by atoms with Gasteiger partial charge in [-0.15, -0.1) is 0 Å². The van der Waals surface area contributed by atoms with Gasteiger partial charge in [0.1, 0.15) is 0 Å². The van der Waals surface area contributed by atoms with Gasteiger partial charge in [0.05, 0.1) is 19.6 Å². The van der Waals surface area contributed by atoms with Gasteiger partial charge in [-0.25, -0.2) is 0 Å². The van der Waals surface area contributed by atoms with Gasteiger partial charge in [0.2, 0.25) is 24.0 Å². The third-order valence-electron chi connectivity index (χ3n) is 7.58. The number of carbonyl (C=O) groups excluding carboxylic acids is 1. The van der Waals surface area contributed by atoms with E-state index in [2.05, 4.69) is 6.92 Å². The lowest BCUT2D eigenvalue weighted by Gasteiger charge is -2.29. The molecule has 0 saturated carbocycles. The molecule has 39 heavy (non-hydrogen) atoms. The molecule has 0 aliphatic carbocycles. The molecular formula is C28H38N4O7. The monoisotopic (exact) mass is 542 g/mol. The molecule has 3 atom stereocenters. The van der Waals surface area contributed by atoms with E-state index in [0.717, 1.165) is 18.4 Å². The number of fused-ring (bicyclic) bond motifs is 1. The van der Waals surface area contributed by atoms with Crippen LogP contribution in [0.25, 0.3) is 0 Å². The molecule has 0 radical (unpaired) electrons. The molecule has 1 saturated heterocycles. The van der Waals surface area contributed by atoms with Crippen molar-refractivity contribution in [2.24, 2.45) is 11.7 Å². The summed E-state index contributed by atoms with van der Waals surface area (Å²) in [6, 6.07) is 8.03. The highest BCUT2D eigenvalue weighted by Gasteiger charge is 2.47. The average Bonchev–Trinajstić information content (AvgIpc) is 3.54. The highest BCUT2D eigenvalue weighted by molar-refractivity contribution is 5.79. The van der Waals surface area contributed by atoms with Crippen molar-refractivity contribution in [1.82, 2.24) is 14.4 Å². The molecule has 11 heteroatoms. The van der Waals surface area contributed by atoms with Gasteiger partial charge in [-0.1, -0.05) is 19.4 Å². The first-order valence-electron chi connectivity index (χ1n) is 13.5. The second-order valence-electron chi connectivity index (χ2n) is 9.97.